The Kier molecular flexibility index (Phi) is 2.64. The number of aromatic nitrogens is 4. The van der Waals surface area contributed by atoms with Gasteiger partial charge in [-0.05, 0) is 12.5 Å². The molecule has 0 aliphatic rings. The fourth-order valence-electron chi connectivity index (χ4n) is 1.89. The Morgan fingerprint density at radius 1 is 1.33 bits per heavy atom. The summed E-state index contributed by atoms with van der Waals surface area (Å²) in [5.74, 6) is 0.747. The molecule has 5 nitrogen and oxygen atoms in total. The lowest BCUT2D eigenvalue weighted by Gasteiger charge is -2.06. The average molecular weight is 239 g/mol. The van der Waals surface area contributed by atoms with E-state index >= 15 is 0 Å². The normalized spacial score (nSPS) is 10.7. The maximum absolute atomic E-state index is 4.28. The average Bonchev–Trinajstić information content (AvgIpc) is 2.85. The van der Waals surface area contributed by atoms with E-state index in [1.165, 1.54) is 11.1 Å². The van der Waals surface area contributed by atoms with Crippen molar-refractivity contribution in [3.8, 4) is 0 Å². The molecule has 0 atom stereocenters. The largest absolute Gasteiger partial charge is 0.363 e. The lowest BCUT2D eigenvalue weighted by molar-refractivity contribution is 1.07. The summed E-state index contributed by atoms with van der Waals surface area (Å²) in [4.78, 5) is 4.28. The standard InChI is InChI=1S/C13H13N5/c1-10-3-2-4-11(7-10)8-15-12-13-17-16-9-18(13)6-5-14-12/h2-7,9H,8H2,1H3,(H,14,15). The monoisotopic (exact) mass is 239 g/mol. The van der Waals surface area contributed by atoms with Crippen molar-refractivity contribution in [2.24, 2.45) is 0 Å². The van der Waals surface area contributed by atoms with Crippen molar-refractivity contribution < 1.29 is 0 Å². The highest BCUT2D eigenvalue weighted by molar-refractivity contribution is 5.61. The van der Waals surface area contributed by atoms with Gasteiger partial charge in [0.05, 0.1) is 0 Å². The van der Waals surface area contributed by atoms with Gasteiger partial charge < -0.3 is 5.32 Å². The maximum Gasteiger partial charge on any atom is 0.203 e. The molecule has 18 heavy (non-hydrogen) atoms. The van der Waals surface area contributed by atoms with Gasteiger partial charge in [-0.3, -0.25) is 4.40 Å². The minimum Gasteiger partial charge on any atom is -0.363 e. The van der Waals surface area contributed by atoms with Crippen LogP contribution in [0.2, 0.25) is 0 Å². The number of benzene rings is 1. The fourth-order valence-corrected chi connectivity index (χ4v) is 1.89. The van der Waals surface area contributed by atoms with Crippen LogP contribution in [0.5, 0.6) is 0 Å². The maximum atomic E-state index is 4.28. The summed E-state index contributed by atoms with van der Waals surface area (Å²) < 4.78 is 1.84. The van der Waals surface area contributed by atoms with Crippen molar-refractivity contribution in [2.45, 2.75) is 13.5 Å². The van der Waals surface area contributed by atoms with Gasteiger partial charge >= 0.3 is 0 Å². The summed E-state index contributed by atoms with van der Waals surface area (Å²) in [5, 5.41) is 11.2. The Hall–Kier alpha value is -2.43. The molecule has 0 unspecified atom stereocenters. The first kappa shape index (κ1) is 10.7. The first-order chi connectivity index (χ1) is 8.83. The highest BCUT2D eigenvalue weighted by Gasteiger charge is 2.03. The molecule has 1 N–H and O–H groups in total. The lowest BCUT2D eigenvalue weighted by Crippen LogP contribution is -2.03. The Morgan fingerprint density at radius 2 is 2.28 bits per heavy atom. The van der Waals surface area contributed by atoms with Gasteiger partial charge in [-0.25, -0.2) is 4.98 Å². The Bertz CT molecular complexity index is 674. The van der Waals surface area contributed by atoms with Gasteiger partial charge in [-0.1, -0.05) is 29.8 Å². The summed E-state index contributed by atoms with van der Waals surface area (Å²) in [6.07, 6.45) is 5.22. The van der Waals surface area contributed by atoms with Crippen molar-refractivity contribution in [1.29, 1.82) is 0 Å². The highest BCUT2D eigenvalue weighted by Crippen LogP contribution is 2.12. The van der Waals surface area contributed by atoms with E-state index in [0.29, 0.717) is 0 Å². The molecular weight excluding hydrogens is 226 g/mol. The summed E-state index contributed by atoms with van der Waals surface area (Å²) in [7, 11) is 0. The van der Waals surface area contributed by atoms with Gasteiger partial charge in [-0.15, -0.1) is 10.2 Å². The second-order valence-corrected chi connectivity index (χ2v) is 4.18. The molecule has 2 heterocycles. The molecule has 0 fully saturated rings. The molecule has 0 amide bonds. The van der Waals surface area contributed by atoms with Gasteiger partial charge in [-0.2, -0.15) is 0 Å². The van der Waals surface area contributed by atoms with Crippen LogP contribution in [0.1, 0.15) is 11.1 Å². The van der Waals surface area contributed by atoms with E-state index < -0.39 is 0 Å². The first-order valence-electron chi connectivity index (χ1n) is 5.77. The highest BCUT2D eigenvalue weighted by atomic mass is 15.2. The number of nitrogens with zero attached hydrogens (tertiary/aromatic N) is 4. The molecule has 0 saturated carbocycles. The Balaban J connectivity index is 1.83. The van der Waals surface area contributed by atoms with Crippen molar-refractivity contribution in [3.05, 3.63) is 54.1 Å². The molecule has 0 bridgehead atoms. The zero-order chi connectivity index (χ0) is 12.4. The number of nitrogens with one attached hydrogen (secondary N) is 1. The van der Waals surface area contributed by atoms with Crippen LogP contribution in [-0.2, 0) is 6.54 Å². The van der Waals surface area contributed by atoms with Crippen LogP contribution < -0.4 is 5.32 Å². The number of aryl methyl sites for hydroxylation is 1. The molecule has 0 aliphatic heterocycles. The van der Waals surface area contributed by atoms with E-state index in [-0.39, 0.29) is 0 Å². The predicted molar refractivity (Wildman–Crippen MR) is 69.3 cm³/mol. The van der Waals surface area contributed by atoms with Gasteiger partial charge in [0.25, 0.3) is 0 Å². The van der Waals surface area contributed by atoms with Crippen LogP contribution in [0.15, 0.2) is 43.0 Å². The molecule has 3 rings (SSSR count). The number of hydrogen-bond acceptors (Lipinski definition) is 4. The number of rotatable bonds is 3. The van der Waals surface area contributed by atoms with Crippen LogP contribution in [0.3, 0.4) is 0 Å². The van der Waals surface area contributed by atoms with Crippen molar-refractivity contribution in [2.75, 3.05) is 5.32 Å². The van der Waals surface area contributed by atoms with E-state index in [1.807, 2.05) is 10.6 Å². The fraction of sp³-hybridized carbons (Fsp3) is 0.154. The molecule has 3 aromatic rings. The summed E-state index contributed by atoms with van der Waals surface area (Å²) in [6, 6.07) is 8.37. The lowest BCUT2D eigenvalue weighted by atomic mass is 10.1. The quantitative estimate of drug-likeness (QED) is 0.760. The van der Waals surface area contributed by atoms with E-state index in [4.69, 9.17) is 0 Å². The van der Waals surface area contributed by atoms with Crippen LogP contribution in [0, 0.1) is 6.92 Å². The zero-order valence-corrected chi connectivity index (χ0v) is 10.0. The predicted octanol–water partition coefficient (Wildman–Crippen LogP) is 2.04. The SMILES string of the molecule is Cc1cccc(CNc2nccn3cnnc23)c1. The second kappa shape index (κ2) is 4.44. The number of fused-ring (bicyclic) bond motifs is 1. The summed E-state index contributed by atoms with van der Waals surface area (Å²) in [5.41, 5.74) is 3.21. The van der Waals surface area contributed by atoms with E-state index in [1.54, 1.807) is 12.5 Å². The second-order valence-electron chi connectivity index (χ2n) is 4.18. The molecule has 2 aromatic heterocycles. The third-order valence-electron chi connectivity index (χ3n) is 2.76. The van der Waals surface area contributed by atoms with Crippen LogP contribution >= 0.6 is 0 Å². The first-order valence-corrected chi connectivity index (χ1v) is 5.77. The summed E-state index contributed by atoms with van der Waals surface area (Å²) >= 11 is 0. The van der Waals surface area contributed by atoms with Crippen molar-refractivity contribution in [3.63, 3.8) is 0 Å². The zero-order valence-electron chi connectivity index (χ0n) is 10.0. The topological polar surface area (TPSA) is 55.1 Å². The molecule has 0 saturated heterocycles. The molecule has 0 spiro atoms. The number of hydrogen-bond donors (Lipinski definition) is 1. The van der Waals surface area contributed by atoms with Crippen molar-refractivity contribution >= 4 is 11.5 Å². The van der Waals surface area contributed by atoms with Crippen molar-refractivity contribution in [1.82, 2.24) is 19.6 Å². The van der Waals surface area contributed by atoms with E-state index in [2.05, 4.69) is 51.7 Å². The molecule has 90 valence electrons. The van der Waals surface area contributed by atoms with Crippen LogP contribution in [0.4, 0.5) is 5.82 Å². The minimum atomic E-state index is 0.723. The molecule has 0 aliphatic carbocycles. The molecule has 1 aromatic carbocycles. The Labute approximate surface area is 105 Å². The van der Waals surface area contributed by atoms with Gasteiger partial charge in [0, 0.05) is 18.9 Å². The summed E-state index contributed by atoms with van der Waals surface area (Å²) in [6.45, 7) is 2.81. The van der Waals surface area contributed by atoms with Gasteiger partial charge in [0.1, 0.15) is 6.33 Å². The molecule has 0 radical (unpaired) electrons. The van der Waals surface area contributed by atoms with Crippen LogP contribution in [0.25, 0.3) is 5.65 Å². The smallest absolute Gasteiger partial charge is 0.203 e. The third kappa shape index (κ3) is 2.02. The minimum absolute atomic E-state index is 0.723. The Morgan fingerprint density at radius 3 is 3.17 bits per heavy atom. The third-order valence-corrected chi connectivity index (χ3v) is 2.76. The van der Waals surface area contributed by atoms with Gasteiger partial charge in [0.2, 0.25) is 5.65 Å². The molecular formula is C13H13N5. The van der Waals surface area contributed by atoms with Crippen LogP contribution in [-0.4, -0.2) is 19.6 Å². The van der Waals surface area contributed by atoms with Gasteiger partial charge in [0.15, 0.2) is 5.82 Å². The molecule has 5 heteroatoms. The number of anilines is 1. The van der Waals surface area contributed by atoms with E-state index in [9.17, 15) is 0 Å². The van der Waals surface area contributed by atoms with E-state index in [0.717, 1.165) is 18.0 Å².